The first-order valence-electron chi connectivity index (χ1n) is 10.5. The molecule has 1 saturated heterocycles. The second-order valence-electron chi connectivity index (χ2n) is 7.34. The van der Waals surface area contributed by atoms with E-state index in [2.05, 4.69) is 66.9 Å². The maximum atomic E-state index is 6.99. The molecule has 0 unspecified atom stereocenters. The number of nitrogens with two attached hydrogens (primary N) is 1. The van der Waals surface area contributed by atoms with Crippen LogP contribution in [0.4, 0.5) is 5.95 Å². The number of aromatic nitrogens is 2. The number of nitrogens with one attached hydrogen (secondary N) is 3. The van der Waals surface area contributed by atoms with Crippen LogP contribution in [0.3, 0.4) is 0 Å². The molecule has 0 bridgehead atoms. The van der Waals surface area contributed by atoms with Crippen molar-refractivity contribution in [1.29, 1.82) is 5.53 Å². The third-order valence-electron chi connectivity index (χ3n) is 5.41. The van der Waals surface area contributed by atoms with Gasteiger partial charge in [-0.3, -0.25) is 4.90 Å². The van der Waals surface area contributed by atoms with Gasteiger partial charge in [-0.1, -0.05) is 25.1 Å². The summed E-state index contributed by atoms with van der Waals surface area (Å²) >= 11 is 0. The molecule has 160 valence electrons. The predicted octanol–water partition coefficient (Wildman–Crippen LogP) is 2.82. The van der Waals surface area contributed by atoms with Crippen molar-refractivity contribution in [2.45, 2.75) is 38.8 Å². The van der Waals surface area contributed by atoms with Gasteiger partial charge in [0, 0.05) is 37.3 Å². The van der Waals surface area contributed by atoms with Gasteiger partial charge in [-0.2, -0.15) is 5.10 Å². The highest BCUT2D eigenvalue weighted by Crippen LogP contribution is 2.21. The Labute approximate surface area is 177 Å². The van der Waals surface area contributed by atoms with Crippen LogP contribution in [-0.2, 0) is 6.54 Å². The van der Waals surface area contributed by atoms with E-state index >= 15 is 0 Å². The molecular weight excluding hydrogens is 378 g/mol. The van der Waals surface area contributed by atoms with E-state index in [0.29, 0.717) is 25.0 Å². The summed E-state index contributed by atoms with van der Waals surface area (Å²) in [4.78, 5) is 11.5. The first-order chi connectivity index (χ1) is 14.7. The Morgan fingerprint density at radius 2 is 2.17 bits per heavy atom. The lowest BCUT2D eigenvalue weighted by atomic mass is 10.0. The molecule has 0 spiro atoms. The van der Waals surface area contributed by atoms with E-state index in [1.807, 2.05) is 6.07 Å². The molecule has 0 saturated carbocycles. The standard InChI is InChI=1S/C21H31N9/c1-2-30(18-6-10-24-11-7-18)15-16-4-3-5-17(14-16)19-8-12-25-21(27-19)26-13-9-20(28-22)29-23/h3-5,8,12,14,18,22,24H,2,6-7,9-11,13,15,23H2,1H3,(H,25,26,27)/b28-22?,29-20-. The summed E-state index contributed by atoms with van der Waals surface area (Å²) in [7, 11) is 0. The Morgan fingerprint density at radius 1 is 1.33 bits per heavy atom. The van der Waals surface area contributed by atoms with Crippen LogP contribution in [0, 0.1) is 5.53 Å². The van der Waals surface area contributed by atoms with Gasteiger partial charge in [0.1, 0.15) is 0 Å². The van der Waals surface area contributed by atoms with Crippen molar-refractivity contribution in [3.63, 3.8) is 0 Å². The van der Waals surface area contributed by atoms with Gasteiger partial charge >= 0.3 is 0 Å². The zero-order valence-corrected chi connectivity index (χ0v) is 17.5. The first-order valence-corrected chi connectivity index (χ1v) is 10.5. The number of hydrazone groups is 1. The van der Waals surface area contributed by atoms with Gasteiger partial charge in [-0.25, -0.2) is 15.5 Å². The van der Waals surface area contributed by atoms with Crippen LogP contribution in [-0.4, -0.2) is 52.9 Å². The molecule has 1 aromatic carbocycles. The molecule has 0 atom stereocenters. The molecule has 9 nitrogen and oxygen atoms in total. The highest BCUT2D eigenvalue weighted by molar-refractivity contribution is 5.82. The predicted molar refractivity (Wildman–Crippen MR) is 119 cm³/mol. The third kappa shape index (κ3) is 6.04. The van der Waals surface area contributed by atoms with E-state index < -0.39 is 0 Å². The third-order valence-corrected chi connectivity index (χ3v) is 5.41. The van der Waals surface area contributed by atoms with Crippen molar-refractivity contribution in [1.82, 2.24) is 20.2 Å². The Balaban J connectivity index is 1.67. The smallest absolute Gasteiger partial charge is 0.223 e. The fraction of sp³-hybridized carbons (Fsp3) is 0.476. The van der Waals surface area contributed by atoms with E-state index in [1.54, 1.807) is 6.20 Å². The fourth-order valence-electron chi connectivity index (χ4n) is 3.77. The molecule has 1 fully saturated rings. The second kappa shape index (κ2) is 11.3. The Bertz CT molecular complexity index is 846. The molecule has 0 aliphatic carbocycles. The van der Waals surface area contributed by atoms with Crippen LogP contribution in [0.1, 0.15) is 31.7 Å². The minimum absolute atomic E-state index is 0.278. The van der Waals surface area contributed by atoms with E-state index in [-0.39, 0.29) is 5.84 Å². The van der Waals surface area contributed by atoms with Gasteiger partial charge in [0.05, 0.1) is 5.69 Å². The van der Waals surface area contributed by atoms with Crippen LogP contribution in [0.2, 0.25) is 0 Å². The number of hydrogen-bond acceptors (Lipinski definition) is 8. The molecule has 5 N–H and O–H groups in total. The van der Waals surface area contributed by atoms with Crippen molar-refractivity contribution < 1.29 is 0 Å². The monoisotopic (exact) mass is 409 g/mol. The zero-order chi connectivity index (χ0) is 21.2. The van der Waals surface area contributed by atoms with E-state index in [0.717, 1.165) is 37.4 Å². The van der Waals surface area contributed by atoms with Gasteiger partial charge in [0.15, 0.2) is 5.84 Å². The Hall–Kier alpha value is -2.91. The van der Waals surface area contributed by atoms with Gasteiger partial charge in [-0.05, 0) is 50.2 Å². The minimum atomic E-state index is 0.278. The Morgan fingerprint density at radius 3 is 2.90 bits per heavy atom. The topological polar surface area (TPSA) is 128 Å². The van der Waals surface area contributed by atoms with Crippen LogP contribution < -0.4 is 16.5 Å². The molecule has 2 aromatic rings. The van der Waals surface area contributed by atoms with E-state index in [1.165, 1.54) is 18.4 Å². The van der Waals surface area contributed by atoms with E-state index in [9.17, 15) is 0 Å². The summed E-state index contributed by atoms with van der Waals surface area (Å²) in [6, 6.07) is 11.1. The number of hydrogen-bond donors (Lipinski definition) is 4. The summed E-state index contributed by atoms with van der Waals surface area (Å²) in [5, 5.41) is 13.3. The molecular formula is C21H31N9. The molecule has 30 heavy (non-hydrogen) atoms. The van der Waals surface area contributed by atoms with Gasteiger partial charge in [-0.15, -0.1) is 5.11 Å². The lowest BCUT2D eigenvalue weighted by molar-refractivity contribution is 0.162. The van der Waals surface area contributed by atoms with Crippen LogP contribution in [0.25, 0.3) is 11.3 Å². The lowest BCUT2D eigenvalue weighted by Gasteiger charge is -2.34. The summed E-state index contributed by atoms with van der Waals surface area (Å²) < 4.78 is 0. The normalized spacial score (nSPS) is 15.3. The molecule has 1 aliphatic rings. The number of rotatable bonds is 9. The quantitative estimate of drug-likeness (QED) is 0.166. The fourth-order valence-corrected chi connectivity index (χ4v) is 3.77. The minimum Gasteiger partial charge on any atom is -0.354 e. The van der Waals surface area contributed by atoms with Crippen molar-refractivity contribution in [2.24, 2.45) is 16.1 Å². The number of nitrogens with zero attached hydrogens (tertiary/aromatic N) is 5. The Kier molecular flexibility index (Phi) is 8.22. The maximum absolute atomic E-state index is 6.99. The van der Waals surface area contributed by atoms with Crippen molar-refractivity contribution in [2.75, 3.05) is 31.5 Å². The number of piperidine rings is 1. The average molecular weight is 410 g/mol. The summed E-state index contributed by atoms with van der Waals surface area (Å²) in [5.41, 5.74) is 10.2. The molecule has 1 aromatic heterocycles. The second-order valence-corrected chi connectivity index (χ2v) is 7.34. The van der Waals surface area contributed by atoms with Crippen LogP contribution in [0.15, 0.2) is 46.7 Å². The number of anilines is 1. The number of benzene rings is 1. The SMILES string of the molecule is CCN(Cc1cccc(-c2ccnc(NCC/C(N=N)=N/N)n2)c1)C1CCNCC1. The number of amidine groups is 1. The molecule has 3 rings (SSSR count). The van der Waals surface area contributed by atoms with Crippen molar-refractivity contribution in [3.8, 4) is 11.3 Å². The van der Waals surface area contributed by atoms with Gasteiger partial charge < -0.3 is 16.5 Å². The maximum Gasteiger partial charge on any atom is 0.223 e. The zero-order valence-electron chi connectivity index (χ0n) is 17.5. The lowest BCUT2D eigenvalue weighted by Crippen LogP contribution is -2.42. The summed E-state index contributed by atoms with van der Waals surface area (Å²) in [6.07, 6.45) is 4.60. The average Bonchev–Trinajstić information content (AvgIpc) is 2.81. The highest BCUT2D eigenvalue weighted by atomic mass is 15.2. The molecule has 9 heteroatoms. The molecule has 1 aliphatic heterocycles. The largest absolute Gasteiger partial charge is 0.354 e. The van der Waals surface area contributed by atoms with Crippen LogP contribution >= 0.6 is 0 Å². The summed E-state index contributed by atoms with van der Waals surface area (Å²) in [6.45, 7) is 6.95. The molecule has 0 radical (unpaired) electrons. The van der Waals surface area contributed by atoms with E-state index in [4.69, 9.17) is 11.4 Å². The van der Waals surface area contributed by atoms with Gasteiger partial charge in [0.2, 0.25) is 5.95 Å². The highest BCUT2D eigenvalue weighted by Gasteiger charge is 2.19. The van der Waals surface area contributed by atoms with Crippen molar-refractivity contribution >= 4 is 11.8 Å². The van der Waals surface area contributed by atoms with Crippen LogP contribution in [0.5, 0.6) is 0 Å². The molecule has 2 heterocycles. The van der Waals surface area contributed by atoms with Crippen molar-refractivity contribution in [3.05, 3.63) is 42.1 Å². The molecule has 0 amide bonds. The first kappa shape index (κ1) is 21.8. The van der Waals surface area contributed by atoms with Gasteiger partial charge in [0.25, 0.3) is 0 Å². The summed E-state index contributed by atoms with van der Waals surface area (Å²) in [5.74, 6) is 5.99.